The lowest BCUT2D eigenvalue weighted by molar-refractivity contribution is -0.149. The van der Waals surface area contributed by atoms with Crippen LogP contribution in [0.3, 0.4) is 0 Å². The highest BCUT2D eigenvalue weighted by Gasteiger charge is 2.27. The van der Waals surface area contributed by atoms with E-state index in [2.05, 4.69) is 23.6 Å². The fraction of sp³-hybridized carbons (Fsp3) is 0.562. The summed E-state index contributed by atoms with van der Waals surface area (Å²) in [5, 5.41) is 1.22. The molecule has 0 radical (unpaired) electrons. The van der Waals surface area contributed by atoms with Gasteiger partial charge in [0.25, 0.3) is 0 Å². The number of nitrogens with zero attached hydrogens (tertiary/aromatic N) is 3. The van der Waals surface area contributed by atoms with Crippen molar-refractivity contribution in [3.05, 3.63) is 52.0 Å². The molecule has 224 valence electrons. The Morgan fingerprint density at radius 2 is 1.78 bits per heavy atom. The number of fused-ring (bicyclic) bond motifs is 1. The van der Waals surface area contributed by atoms with Crippen LogP contribution in [0.1, 0.15) is 58.4 Å². The number of rotatable bonds is 13. The first-order valence-corrected chi connectivity index (χ1v) is 15.7. The Bertz CT molecular complexity index is 1180. The van der Waals surface area contributed by atoms with Crippen LogP contribution in [0.2, 0.25) is 10.0 Å². The van der Waals surface area contributed by atoms with Crippen molar-refractivity contribution in [2.45, 2.75) is 59.3 Å². The zero-order valence-corrected chi connectivity index (χ0v) is 26.1. The predicted octanol–water partition coefficient (Wildman–Crippen LogP) is 6.83. The van der Waals surface area contributed by atoms with Crippen LogP contribution in [0.5, 0.6) is 5.75 Å². The molecule has 0 saturated carbocycles. The number of carbonyl (C=O) groups is 2. The first kappa shape index (κ1) is 31.5. The number of hydrogen-bond donors (Lipinski definition) is 0. The molecule has 2 aliphatic rings. The van der Waals surface area contributed by atoms with Gasteiger partial charge < -0.3 is 14.4 Å². The average Bonchev–Trinajstić information content (AvgIpc) is 2.96. The summed E-state index contributed by atoms with van der Waals surface area (Å²) in [6, 6.07) is 11.7. The number of hydrogen-bond acceptors (Lipinski definition) is 6. The summed E-state index contributed by atoms with van der Waals surface area (Å²) in [4.78, 5) is 31.8. The van der Waals surface area contributed by atoms with Crippen molar-refractivity contribution in [1.82, 2.24) is 4.90 Å². The maximum atomic E-state index is 12.8. The Balaban J connectivity index is 1.22. The van der Waals surface area contributed by atoms with E-state index in [1.165, 1.54) is 0 Å². The van der Waals surface area contributed by atoms with Gasteiger partial charge in [-0.05, 0) is 68.3 Å². The fourth-order valence-electron chi connectivity index (χ4n) is 5.57. The number of esters is 1. The molecule has 2 aliphatic heterocycles. The van der Waals surface area contributed by atoms with Crippen LogP contribution in [0, 0.1) is 11.8 Å². The minimum atomic E-state index is -0.233. The highest BCUT2D eigenvalue weighted by Crippen LogP contribution is 2.33. The van der Waals surface area contributed by atoms with Gasteiger partial charge in [0.1, 0.15) is 5.75 Å². The molecule has 2 aromatic rings. The first-order chi connectivity index (χ1) is 19.8. The van der Waals surface area contributed by atoms with Crippen LogP contribution in [0.25, 0.3) is 0 Å². The molecule has 0 N–H and O–H groups in total. The molecule has 2 aromatic carbocycles. The van der Waals surface area contributed by atoms with E-state index < -0.39 is 0 Å². The zero-order chi connectivity index (χ0) is 29.4. The summed E-state index contributed by atoms with van der Waals surface area (Å²) in [5.41, 5.74) is 2.86. The second-order valence-electron chi connectivity index (χ2n) is 11.4. The molecule has 0 bridgehead atoms. The van der Waals surface area contributed by atoms with Gasteiger partial charge in [-0.2, -0.15) is 0 Å². The van der Waals surface area contributed by atoms with Crippen molar-refractivity contribution in [2.75, 3.05) is 55.9 Å². The normalized spacial score (nSPS) is 16.6. The van der Waals surface area contributed by atoms with Gasteiger partial charge in [-0.3, -0.25) is 19.4 Å². The minimum absolute atomic E-state index is 0.0305. The van der Waals surface area contributed by atoms with Gasteiger partial charge >= 0.3 is 5.97 Å². The lowest BCUT2D eigenvalue weighted by Gasteiger charge is -2.36. The van der Waals surface area contributed by atoms with E-state index in [1.54, 1.807) is 4.90 Å². The van der Waals surface area contributed by atoms with Crippen LogP contribution in [-0.4, -0.2) is 62.8 Å². The van der Waals surface area contributed by atoms with Crippen LogP contribution in [0.4, 0.5) is 11.4 Å². The van der Waals surface area contributed by atoms with Gasteiger partial charge in [0.15, 0.2) is 6.73 Å². The third-order valence-corrected chi connectivity index (χ3v) is 8.77. The number of aryl methyl sites for hydroxylation is 1. The third kappa shape index (κ3) is 8.52. The van der Waals surface area contributed by atoms with Gasteiger partial charge in [-0.15, -0.1) is 0 Å². The summed E-state index contributed by atoms with van der Waals surface area (Å²) < 4.78 is 11.7. The monoisotopic (exact) mass is 603 g/mol. The molecule has 2 heterocycles. The Hall–Kier alpha value is -2.48. The predicted molar refractivity (Wildman–Crippen MR) is 166 cm³/mol. The van der Waals surface area contributed by atoms with Gasteiger partial charge in [-0.1, -0.05) is 56.1 Å². The highest BCUT2D eigenvalue weighted by molar-refractivity contribution is 6.43. The fourth-order valence-corrected chi connectivity index (χ4v) is 5.98. The summed E-state index contributed by atoms with van der Waals surface area (Å²) in [6.07, 6.45) is 4.58. The van der Waals surface area contributed by atoms with Crippen molar-refractivity contribution >= 4 is 46.5 Å². The Labute approximate surface area is 254 Å². The molecule has 41 heavy (non-hydrogen) atoms. The molecule has 0 aromatic heterocycles. The smallest absolute Gasteiger partial charge is 0.310 e. The summed E-state index contributed by atoms with van der Waals surface area (Å²) in [7, 11) is 0. The largest absolute Gasteiger partial charge is 0.494 e. The number of halogens is 2. The molecule has 4 rings (SSSR count). The summed E-state index contributed by atoms with van der Waals surface area (Å²) >= 11 is 12.6. The Morgan fingerprint density at radius 1 is 1.00 bits per heavy atom. The van der Waals surface area contributed by atoms with E-state index >= 15 is 0 Å². The molecule has 1 atom stereocenters. The van der Waals surface area contributed by atoms with Gasteiger partial charge in [0.2, 0.25) is 5.91 Å². The minimum Gasteiger partial charge on any atom is -0.494 e. The van der Waals surface area contributed by atoms with Crippen LogP contribution in [0.15, 0.2) is 36.4 Å². The van der Waals surface area contributed by atoms with Crippen LogP contribution >= 0.6 is 23.2 Å². The number of carbonyl (C=O) groups excluding carboxylic acids is 2. The number of amides is 1. The quantitative estimate of drug-likeness (QED) is 0.185. The maximum Gasteiger partial charge on any atom is 0.310 e. The SMILES string of the molecule is CCC(CC(C)C)C(=O)OCN1C(=O)CCc2ccc(OCCCCN3CCN(c4cccc(Cl)c4Cl)CC3)cc21. The molecule has 1 fully saturated rings. The number of benzene rings is 2. The van der Waals surface area contributed by atoms with Crippen molar-refractivity contribution in [1.29, 1.82) is 0 Å². The third-order valence-electron chi connectivity index (χ3n) is 7.96. The molecule has 7 nitrogen and oxygen atoms in total. The highest BCUT2D eigenvalue weighted by atomic mass is 35.5. The topological polar surface area (TPSA) is 62.3 Å². The number of piperazine rings is 1. The Kier molecular flexibility index (Phi) is 11.6. The number of unbranched alkanes of at least 4 members (excludes halogenated alkanes) is 1. The van der Waals surface area contributed by atoms with Crippen molar-refractivity contribution in [3.8, 4) is 5.75 Å². The van der Waals surface area contributed by atoms with Gasteiger partial charge in [-0.25, -0.2) is 0 Å². The average molecular weight is 605 g/mol. The van der Waals surface area contributed by atoms with E-state index in [0.717, 1.165) is 81.1 Å². The molecule has 9 heteroatoms. The second kappa shape index (κ2) is 15.1. The summed E-state index contributed by atoms with van der Waals surface area (Å²) in [6.45, 7) is 11.6. The molecule has 0 spiro atoms. The van der Waals surface area contributed by atoms with Gasteiger partial charge in [0, 0.05) is 38.7 Å². The standard InChI is InChI=1S/C32H43Cl2N3O4/c1-4-24(20-23(2)3)32(39)41-22-37-29-21-26(12-10-25(29)11-13-30(37)38)40-19-6-5-14-35-15-17-36(18-16-35)28-9-7-8-27(33)31(28)34/h7-10,12,21,23-24H,4-6,11,13-20,22H2,1-3H3. The van der Waals surface area contributed by atoms with E-state index in [9.17, 15) is 9.59 Å². The van der Waals surface area contributed by atoms with Crippen LogP contribution < -0.4 is 14.5 Å². The summed E-state index contributed by atoms with van der Waals surface area (Å²) in [5.74, 6) is 0.733. The van der Waals surface area contributed by atoms with Crippen molar-refractivity contribution in [3.63, 3.8) is 0 Å². The van der Waals surface area contributed by atoms with E-state index in [-0.39, 0.29) is 24.5 Å². The molecule has 1 amide bonds. The van der Waals surface area contributed by atoms with E-state index in [1.807, 2.05) is 43.3 Å². The second-order valence-corrected chi connectivity index (χ2v) is 12.2. The molecular weight excluding hydrogens is 561 g/mol. The maximum absolute atomic E-state index is 12.8. The van der Waals surface area contributed by atoms with Crippen LogP contribution in [-0.2, 0) is 20.7 Å². The molecular formula is C32H43Cl2N3O4. The molecule has 1 unspecified atom stereocenters. The molecule has 1 saturated heterocycles. The van der Waals surface area contributed by atoms with E-state index in [4.69, 9.17) is 32.7 Å². The molecule has 0 aliphatic carbocycles. The Morgan fingerprint density at radius 3 is 2.51 bits per heavy atom. The number of anilines is 2. The van der Waals surface area contributed by atoms with Crippen molar-refractivity contribution < 1.29 is 19.1 Å². The van der Waals surface area contributed by atoms with Gasteiger partial charge in [0.05, 0.1) is 33.9 Å². The first-order valence-electron chi connectivity index (χ1n) is 14.9. The number of ether oxygens (including phenoxy) is 2. The van der Waals surface area contributed by atoms with E-state index in [0.29, 0.717) is 35.4 Å². The van der Waals surface area contributed by atoms with Crippen molar-refractivity contribution in [2.24, 2.45) is 11.8 Å². The lowest BCUT2D eigenvalue weighted by atomic mass is 9.95. The lowest BCUT2D eigenvalue weighted by Crippen LogP contribution is -2.46. The zero-order valence-electron chi connectivity index (χ0n) is 24.5.